The number of pyridine rings is 1. The maximum Gasteiger partial charge on any atom is 0.106 e. The van der Waals surface area contributed by atoms with Crippen molar-refractivity contribution in [3.63, 3.8) is 0 Å². The third kappa shape index (κ3) is 3.78. The number of nitrogens with zero attached hydrogens (tertiary/aromatic N) is 4. The Balaban J connectivity index is 1.86. The lowest BCUT2D eigenvalue weighted by Gasteiger charge is -2.02. The molecule has 2 rings (SSSR count). The van der Waals surface area contributed by atoms with Gasteiger partial charge in [0.05, 0.1) is 24.6 Å². The van der Waals surface area contributed by atoms with Gasteiger partial charge >= 0.3 is 0 Å². The molecule has 2 aromatic heterocycles. The molecule has 18 heavy (non-hydrogen) atoms. The molecule has 0 saturated carbocycles. The number of nitrogens with one attached hydrogen (secondary N) is 1. The minimum absolute atomic E-state index is 0.165. The van der Waals surface area contributed by atoms with Gasteiger partial charge in [0.25, 0.3) is 0 Å². The summed E-state index contributed by atoms with van der Waals surface area (Å²) in [5.74, 6) is 0. The molecule has 0 radical (unpaired) electrons. The van der Waals surface area contributed by atoms with E-state index in [4.69, 9.17) is 5.11 Å². The molecular formula is C11H14BrN5O. The molecular weight excluding hydrogens is 298 g/mol. The molecule has 0 unspecified atom stereocenters. The standard InChI is InChI=1S/C11H14BrN5O/c12-11-3-2-9(6-14-11)13-7-10-8-17(16-15-10)4-1-5-18/h2-3,6,8,13,18H,1,4-5,7H2. The van der Waals surface area contributed by atoms with E-state index in [9.17, 15) is 0 Å². The van der Waals surface area contributed by atoms with Gasteiger partial charge in [0.2, 0.25) is 0 Å². The van der Waals surface area contributed by atoms with Crippen LogP contribution in [-0.2, 0) is 13.1 Å². The van der Waals surface area contributed by atoms with Crippen LogP contribution in [0.2, 0.25) is 0 Å². The molecule has 2 heterocycles. The molecule has 96 valence electrons. The predicted molar refractivity (Wildman–Crippen MR) is 71.0 cm³/mol. The van der Waals surface area contributed by atoms with Gasteiger partial charge in [-0.3, -0.25) is 4.68 Å². The Morgan fingerprint density at radius 3 is 3.00 bits per heavy atom. The van der Waals surface area contributed by atoms with Gasteiger partial charge in [-0.05, 0) is 34.5 Å². The van der Waals surface area contributed by atoms with E-state index in [1.165, 1.54) is 0 Å². The van der Waals surface area contributed by atoms with E-state index in [1.807, 2.05) is 18.3 Å². The highest BCUT2D eigenvalue weighted by Crippen LogP contribution is 2.11. The van der Waals surface area contributed by atoms with Gasteiger partial charge in [-0.2, -0.15) is 0 Å². The largest absolute Gasteiger partial charge is 0.396 e. The Morgan fingerprint density at radius 1 is 1.39 bits per heavy atom. The SMILES string of the molecule is OCCCn1cc(CNc2ccc(Br)nc2)nn1. The molecule has 0 aromatic carbocycles. The number of aliphatic hydroxyl groups excluding tert-OH is 1. The van der Waals surface area contributed by atoms with E-state index in [2.05, 4.69) is 36.5 Å². The number of halogens is 1. The molecule has 0 fully saturated rings. The van der Waals surface area contributed by atoms with Crippen molar-refractivity contribution < 1.29 is 5.11 Å². The summed E-state index contributed by atoms with van der Waals surface area (Å²) in [6.07, 6.45) is 4.31. The Labute approximate surface area is 113 Å². The van der Waals surface area contributed by atoms with Crippen molar-refractivity contribution in [2.45, 2.75) is 19.5 Å². The number of hydrogen-bond donors (Lipinski definition) is 2. The number of aryl methyl sites for hydroxylation is 1. The van der Waals surface area contributed by atoms with Crippen molar-refractivity contribution in [1.29, 1.82) is 0 Å². The van der Waals surface area contributed by atoms with Crippen LogP contribution in [-0.4, -0.2) is 31.7 Å². The lowest BCUT2D eigenvalue weighted by molar-refractivity contribution is 0.276. The van der Waals surface area contributed by atoms with Gasteiger partial charge in [-0.15, -0.1) is 5.10 Å². The molecule has 2 N–H and O–H groups in total. The third-order valence-electron chi connectivity index (χ3n) is 2.33. The molecule has 6 nitrogen and oxygen atoms in total. The first-order chi connectivity index (χ1) is 8.78. The summed E-state index contributed by atoms with van der Waals surface area (Å²) < 4.78 is 2.54. The van der Waals surface area contributed by atoms with Gasteiger partial charge in [0, 0.05) is 13.2 Å². The highest BCUT2D eigenvalue weighted by molar-refractivity contribution is 9.10. The smallest absolute Gasteiger partial charge is 0.106 e. The van der Waals surface area contributed by atoms with Crippen molar-refractivity contribution in [1.82, 2.24) is 20.0 Å². The zero-order chi connectivity index (χ0) is 12.8. The Morgan fingerprint density at radius 2 is 2.28 bits per heavy atom. The first-order valence-corrected chi connectivity index (χ1v) is 6.42. The topological polar surface area (TPSA) is 75.9 Å². The van der Waals surface area contributed by atoms with E-state index in [0.717, 1.165) is 16.0 Å². The van der Waals surface area contributed by atoms with Crippen LogP contribution in [0.1, 0.15) is 12.1 Å². The van der Waals surface area contributed by atoms with Crippen LogP contribution in [0, 0.1) is 0 Å². The van der Waals surface area contributed by atoms with Gasteiger partial charge in [-0.1, -0.05) is 5.21 Å². The summed E-state index contributed by atoms with van der Waals surface area (Å²) >= 11 is 3.28. The summed E-state index contributed by atoms with van der Waals surface area (Å²) in [6, 6.07) is 3.81. The fourth-order valence-corrected chi connectivity index (χ4v) is 1.67. The molecule has 0 atom stereocenters. The van der Waals surface area contributed by atoms with E-state index < -0.39 is 0 Å². The van der Waals surface area contributed by atoms with Gasteiger partial charge in [-0.25, -0.2) is 4.98 Å². The molecule has 0 amide bonds. The van der Waals surface area contributed by atoms with Gasteiger partial charge < -0.3 is 10.4 Å². The number of rotatable bonds is 6. The zero-order valence-corrected chi connectivity index (χ0v) is 11.3. The molecule has 2 aromatic rings. The van der Waals surface area contributed by atoms with Gasteiger partial charge in [0.15, 0.2) is 0 Å². The quantitative estimate of drug-likeness (QED) is 0.789. The van der Waals surface area contributed by atoms with Gasteiger partial charge in [0.1, 0.15) is 10.3 Å². The number of anilines is 1. The summed E-state index contributed by atoms with van der Waals surface area (Å²) in [7, 11) is 0. The number of hydrogen-bond acceptors (Lipinski definition) is 5. The minimum atomic E-state index is 0.165. The van der Waals surface area contributed by atoms with E-state index in [-0.39, 0.29) is 6.61 Å². The van der Waals surface area contributed by atoms with Crippen LogP contribution in [0.4, 0.5) is 5.69 Å². The van der Waals surface area contributed by atoms with E-state index >= 15 is 0 Å². The van der Waals surface area contributed by atoms with Crippen LogP contribution in [0.5, 0.6) is 0 Å². The maximum absolute atomic E-state index is 8.72. The summed E-state index contributed by atoms with van der Waals surface area (Å²) in [4.78, 5) is 4.12. The Hall–Kier alpha value is -1.47. The summed E-state index contributed by atoms with van der Waals surface area (Å²) in [5.41, 5.74) is 1.79. The van der Waals surface area contributed by atoms with Crippen molar-refractivity contribution in [2.24, 2.45) is 0 Å². The van der Waals surface area contributed by atoms with Crippen LogP contribution < -0.4 is 5.32 Å². The Bertz CT molecular complexity index is 484. The maximum atomic E-state index is 8.72. The summed E-state index contributed by atoms with van der Waals surface area (Å²) in [5, 5.41) is 19.9. The van der Waals surface area contributed by atoms with E-state index in [1.54, 1.807) is 10.9 Å². The Kier molecular flexibility index (Phi) is 4.66. The fourth-order valence-electron chi connectivity index (χ4n) is 1.43. The van der Waals surface area contributed by atoms with Crippen LogP contribution in [0.3, 0.4) is 0 Å². The predicted octanol–water partition coefficient (Wildman–Crippen LogP) is 1.43. The zero-order valence-electron chi connectivity index (χ0n) is 9.75. The molecule has 7 heteroatoms. The second-order valence-electron chi connectivity index (χ2n) is 3.77. The minimum Gasteiger partial charge on any atom is -0.396 e. The number of aliphatic hydroxyl groups is 1. The third-order valence-corrected chi connectivity index (χ3v) is 2.80. The molecule has 0 saturated heterocycles. The van der Waals surface area contributed by atoms with Crippen molar-refractivity contribution in [3.05, 3.63) is 34.8 Å². The normalized spacial score (nSPS) is 10.6. The lowest BCUT2D eigenvalue weighted by Crippen LogP contribution is -2.01. The lowest BCUT2D eigenvalue weighted by atomic mass is 10.4. The molecule has 0 aliphatic heterocycles. The highest BCUT2D eigenvalue weighted by Gasteiger charge is 2.00. The molecule has 0 aliphatic rings. The number of aromatic nitrogens is 4. The van der Waals surface area contributed by atoms with Crippen molar-refractivity contribution >= 4 is 21.6 Å². The van der Waals surface area contributed by atoms with Crippen molar-refractivity contribution in [2.75, 3.05) is 11.9 Å². The first-order valence-electron chi connectivity index (χ1n) is 5.63. The molecule has 0 spiro atoms. The molecule has 0 aliphatic carbocycles. The van der Waals surface area contributed by atoms with Crippen LogP contribution in [0.15, 0.2) is 29.1 Å². The summed E-state index contributed by atoms with van der Waals surface area (Å²) in [6.45, 7) is 1.45. The van der Waals surface area contributed by atoms with E-state index in [0.29, 0.717) is 19.5 Å². The average Bonchev–Trinajstić information content (AvgIpc) is 2.84. The van der Waals surface area contributed by atoms with Crippen molar-refractivity contribution in [3.8, 4) is 0 Å². The first kappa shape index (κ1) is 13.0. The van der Waals surface area contributed by atoms with Crippen LogP contribution >= 0.6 is 15.9 Å². The fraction of sp³-hybridized carbons (Fsp3) is 0.364. The average molecular weight is 312 g/mol. The highest BCUT2D eigenvalue weighted by atomic mass is 79.9. The molecule has 0 bridgehead atoms. The second-order valence-corrected chi connectivity index (χ2v) is 4.59. The van der Waals surface area contributed by atoms with Crippen LogP contribution in [0.25, 0.3) is 0 Å². The monoisotopic (exact) mass is 311 g/mol. The second kappa shape index (κ2) is 6.46.